The molecule has 100 valence electrons. The smallest absolute Gasteiger partial charge is 0.408 e. The van der Waals surface area contributed by atoms with Gasteiger partial charge in [0.15, 0.2) is 0 Å². The van der Waals surface area contributed by atoms with Crippen LogP contribution in [0.25, 0.3) is 0 Å². The molecule has 0 aliphatic carbocycles. The molecule has 7 nitrogen and oxygen atoms in total. The molecule has 0 saturated carbocycles. The Balaban J connectivity index is 2.58. The summed E-state index contributed by atoms with van der Waals surface area (Å²) in [4.78, 5) is 22.5. The maximum Gasteiger partial charge on any atom is 0.408 e. The number of hydrogen-bond donors (Lipinski definition) is 2. The van der Waals surface area contributed by atoms with Gasteiger partial charge in [-0.3, -0.25) is 0 Å². The van der Waals surface area contributed by atoms with Gasteiger partial charge in [-0.2, -0.15) is 0 Å². The maximum atomic E-state index is 11.5. The Morgan fingerprint density at radius 1 is 1.56 bits per heavy atom. The first-order chi connectivity index (χ1) is 8.28. The van der Waals surface area contributed by atoms with Crippen LogP contribution in [0.1, 0.15) is 26.5 Å². The van der Waals surface area contributed by atoms with Crippen molar-refractivity contribution in [2.24, 2.45) is 0 Å². The number of aromatic nitrogens is 1. The molecule has 0 aromatic carbocycles. The van der Waals surface area contributed by atoms with Gasteiger partial charge >= 0.3 is 12.1 Å². The van der Waals surface area contributed by atoms with Crippen molar-refractivity contribution < 1.29 is 24.0 Å². The molecule has 0 bridgehead atoms. The van der Waals surface area contributed by atoms with Crippen LogP contribution >= 0.6 is 0 Å². The van der Waals surface area contributed by atoms with Gasteiger partial charge in [0.2, 0.25) is 0 Å². The van der Waals surface area contributed by atoms with E-state index in [2.05, 4.69) is 10.5 Å². The van der Waals surface area contributed by atoms with Crippen LogP contribution in [0.4, 0.5) is 4.79 Å². The summed E-state index contributed by atoms with van der Waals surface area (Å²) in [5.41, 5.74) is -0.681. The summed E-state index contributed by atoms with van der Waals surface area (Å²) in [5.74, 6) is -0.796. The predicted octanol–water partition coefficient (Wildman–Crippen LogP) is 1.19. The second-order valence-electron chi connectivity index (χ2n) is 4.72. The lowest BCUT2D eigenvalue weighted by Gasteiger charge is -2.21. The Morgan fingerprint density at radius 2 is 2.22 bits per heavy atom. The van der Waals surface area contributed by atoms with E-state index in [-0.39, 0.29) is 6.42 Å². The first-order valence-corrected chi connectivity index (χ1v) is 5.40. The zero-order chi connectivity index (χ0) is 13.8. The van der Waals surface area contributed by atoms with Gasteiger partial charge in [0.05, 0.1) is 6.20 Å². The van der Waals surface area contributed by atoms with E-state index in [0.29, 0.717) is 5.76 Å². The number of carboxylic acid groups (broad SMARTS) is 1. The highest BCUT2D eigenvalue weighted by Gasteiger charge is 2.25. The molecule has 0 aliphatic rings. The molecule has 0 saturated heterocycles. The standard InChI is InChI=1S/C11H16N2O5/c1-11(2,3)17-10(16)13-8(9(14)15)6-7-4-5-12-18-7/h4-5,8H,6H2,1-3H3,(H,13,16)(H,14,15). The Morgan fingerprint density at radius 3 is 2.67 bits per heavy atom. The van der Waals surface area contributed by atoms with Crippen LogP contribution in [-0.4, -0.2) is 34.0 Å². The number of amides is 1. The average Bonchev–Trinajstić information content (AvgIpc) is 2.66. The fourth-order valence-electron chi connectivity index (χ4n) is 1.20. The summed E-state index contributed by atoms with van der Waals surface area (Å²) in [6.07, 6.45) is 0.630. The monoisotopic (exact) mass is 256 g/mol. The summed E-state index contributed by atoms with van der Waals surface area (Å²) >= 11 is 0. The average molecular weight is 256 g/mol. The quantitative estimate of drug-likeness (QED) is 0.839. The number of carboxylic acids is 1. The molecule has 1 heterocycles. The van der Waals surface area contributed by atoms with E-state index in [4.69, 9.17) is 14.4 Å². The van der Waals surface area contributed by atoms with Gasteiger partial charge in [0.1, 0.15) is 17.4 Å². The molecule has 1 rings (SSSR count). The number of aliphatic carboxylic acids is 1. The molecule has 18 heavy (non-hydrogen) atoms. The van der Waals surface area contributed by atoms with Crippen LogP contribution in [0.5, 0.6) is 0 Å². The van der Waals surface area contributed by atoms with Crippen molar-refractivity contribution in [1.82, 2.24) is 10.5 Å². The molecule has 0 spiro atoms. The van der Waals surface area contributed by atoms with Crippen LogP contribution in [-0.2, 0) is 16.0 Å². The van der Waals surface area contributed by atoms with Crippen molar-refractivity contribution in [3.8, 4) is 0 Å². The summed E-state index contributed by atoms with van der Waals surface area (Å²) < 4.78 is 9.77. The van der Waals surface area contributed by atoms with Crippen molar-refractivity contribution in [2.45, 2.75) is 38.8 Å². The van der Waals surface area contributed by atoms with E-state index in [1.165, 1.54) is 12.3 Å². The molecule has 1 unspecified atom stereocenters. The number of nitrogens with one attached hydrogen (secondary N) is 1. The Bertz CT molecular complexity index is 408. The number of rotatable bonds is 4. The second-order valence-corrected chi connectivity index (χ2v) is 4.72. The lowest BCUT2D eigenvalue weighted by molar-refractivity contribution is -0.139. The normalized spacial score (nSPS) is 12.8. The summed E-state index contributed by atoms with van der Waals surface area (Å²) in [7, 11) is 0. The van der Waals surface area contributed by atoms with Gasteiger partial charge < -0.3 is 19.7 Å². The van der Waals surface area contributed by atoms with Gasteiger partial charge in [-0.15, -0.1) is 0 Å². The maximum absolute atomic E-state index is 11.5. The van der Waals surface area contributed by atoms with E-state index in [0.717, 1.165) is 0 Å². The molecule has 1 aromatic rings. The highest BCUT2D eigenvalue weighted by atomic mass is 16.6. The molecule has 1 atom stereocenters. The van der Waals surface area contributed by atoms with Crippen molar-refractivity contribution in [2.75, 3.05) is 0 Å². The second kappa shape index (κ2) is 5.52. The zero-order valence-electron chi connectivity index (χ0n) is 10.5. The minimum absolute atomic E-state index is 0.00851. The molecular formula is C11H16N2O5. The van der Waals surface area contributed by atoms with E-state index in [1.807, 2.05) is 0 Å². The van der Waals surface area contributed by atoms with Gasteiger partial charge in [0, 0.05) is 12.5 Å². The highest BCUT2D eigenvalue weighted by Crippen LogP contribution is 2.08. The predicted molar refractivity (Wildman–Crippen MR) is 61.0 cm³/mol. The number of ether oxygens (including phenoxy) is 1. The third-order valence-electron chi connectivity index (χ3n) is 1.89. The van der Waals surface area contributed by atoms with Crippen LogP contribution < -0.4 is 5.32 Å². The van der Waals surface area contributed by atoms with Crippen LogP contribution in [0.3, 0.4) is 0 Å². The molecular weight excluding hydrogens is 240 g/mol. The number of hydrogen-bond acceptors (Lipinski definition) is 5. The first-order valence-electron chi connectivity index (χ1n) is 5.40. The number of carbonyl (C=O) groups excluding carboxylic acids is 1. The zero-order valence-corrected chi connectivity index (χ0v) is 10.5. The lowest BCUT2D eigenvalue weighted by atomic mass is 10.1. The number of alkyl carbamates (subject to hydrolysis) is 1. The number of carbonyl (C=O) groups is 2. The van der Waals surface area contributed by atoms with Gasteiger partial charge in [-0.05, 0) is 20.8 Å². The molecule has 2 N–H and O–H groups in total. The fourth-order valence-corrected chi connectivity index (χ4v) is 1.20. The Kier molecular flexibility index (Phi) is 4.30. The van der Waals surface area contributed by atoms with E-state index in [1.54, 1.807) is 20.8 Å². The van der Waals surface area contributed by atoms with Crippen molar-refractivity contribution in [3.05, 3.63) is 18.0 Å². The molecule has 0 radical (unpaired) electrons. The van der Waals surface area contributed by atoms with Crippen LogP contribution in [0, 0.1) is 0 Å². The van der Waals surface area contributed by atoms with Crippen LogP contribution in [0.2, 0.25) is 0 Å². The molecule has 1 amide bonds. The van der Waals surface area contributed by atoms with E-state index >= 15 is 0 Å². The number of nitrogens with zero attached hydrogens (tertiary/aromatic N) is 1. The Hall–Kier alpha value is -2.05. The minimum Gasteiger partial charge on any atom is -0.480 e. The highest BCUT2D eigenvalue weighted by molar-refractivity contribution is 5.80. The topological polar surface area (TPSA) is 102 Å². The van der Waals surface area contributed by atoms with Crippen molar-refractivity contribution in [3.63, 3.8) is 0 Å². The van der Waals surface area contributed by atoms with Gasteiger partial charge in [-0.25, -0.2) is 9.59 Å². The Labute approximate surface area is 104 Å². The third-order valence-corrected chi connectivity index (χ3v) is 1.89. The molecule has 7 heteroatoms. The van der Waals surface area contributed by atoms with Gasteiger partial charge in [-0.1, -0.05) is 5.16 Å². The van der Waals surface area contributed by atoms with Crippen molar-refractivity contribution in [1.29, 1.82) is 0 Å². The van der Waals surface area contributed by atoms with Gasteiger partial charge in [0.25, 0.3) is 0 Å². The first kappa shape index (κ1) is 14.0. The fraction of sp³-hybridized carbons (Fsp3) is 0.545. The van der Waals surface area contributed by atoms with Crippen molar-refractivity contribution >= 4 is 12.1 Å². The minimum atomic E-state index is -1.17. The molecule has 0 fully saturated rings. The van der Waals surface area contributed by atoms with E-state index in [9.17, 15) is 9.59 Å². The lowest BCUT2D eigenvalue weighted by Crippen LogP contribution is -2.44. The third kappa shape index (κ3) is 4.86. The molecule has 0 aliphatic heterocycles. The summed E-state index contributed by atoms with van der Waals surface area (Å²) in [5, 5.41) is 14.7. The largest absolute Gasteiger partial charge is 0.480 e. The van der Waals surface area contributed by atoms with Crippen LogP contribution in [0.15, 0.2) is 16.8 Å². The summed E-state index contributed by atoms with van der Waals surface area (Å²) in [6.45, 7) is 5.08. The summed E-state index contributed by atoms with van der Waals surface area (Å²) in [6, 6.07) is 0.417. The van der Waals surface area contributed by atoms with E-state index < -0.39 is 23.7 Å². The molecule has 1 aromatic heterocycles. The SMILES string of the molecule is CC(C)(C)OC(=O)NC(Cc1ccno1)C(=O)O.